The predicted molar refractivity (Wildman–Crippen MR) is 70.9 cm³/mol. The van der Waals surface area contributed by atoms with Crippen molar-refractivity contribution < 1.29 is 9.90 Å². The molecule has 4 heteroatoms. The highest BCUT2D eigenvalue weighted by molar-refractivity contribution is 5.85. The van der Waals surface area contributed by atoms with Gasteiger partial charge in [-0.25, -0.2) is 9.78 Å². The summed E-state index contributed by atoms with van der Waals surface area (Å²) in [4.78, 5) is 14.7. The molecule has 0 aromatic carbocycles. The lowest BCUT2D eigenvalue weighted by molar-refractivity contribution is 0.0690. The molecule has 0 amide bonds. The molecule has 1 unspecified atom stereocenters. The van der Waals surface area contributed by atoms with Crippen LogP contribution in [0.2, 0.25) is 0 Å². The molecule has 2 N–H and O–H groups in total. The van der Waals surface area contributed by atoms with Crippen LogP contribution in [-0.4, -0.2) is 22.1 Å². The number of pyridine rings is 1. The van der Waals surface area contributed by atoms with Crippen molar-refractivity contribution in [2.45, 2.75) is 45.6 Å². The Balaban J connectivity index is 2.06. The second-order valence-electron chi connectivity index (χ2n) is 5.67. The number of aromatic nitrogens is 1. The molecule has 18 heavy (non-hydrogen) atoms. The summed E-state index contributed by atoms with van der Waals surface area (Å²) in [5.74, 6) is -0.987. The number of nitrogens with zero attached hydrogens (tertiary/aromatic N) is 1. The highest BCUT2D eigenvalue weighted by atomic mass is 16.4. The van der Waals surface area contributed by atoms with Crippen molar-refractivity contribution in [3.63, 3.8) is 0 Å². The third-order valence-electron chi connectivity index (χ3n) is 3.83. The van der Waals surface area contributed by atoms with Gasteiger partial charge in [-0.05, 0) is 30.4 Å². The number of carboxylic acids is 1. The standard InChI is InChI=1S/C14H20N2O2/c1-14(2)8-4-3-5-12(14)16-10-6-7-11(13(17)18)15-9-10/h6-7,9,12,16H,3-5,8H2,1-2H3,(H,17,18). The van der Waals surface area contributed by atoms with E-state index in [0.29, 0.717) is 6.04 Å². The topological polar surface area (TPSA) is 62.2 Å². The van der Waals surface area contributed by atoms with Crippen LogP contribution in [0.4, 0.5) is 5.69 Å². The van der Waals surface area contributed by atoms with Gasteiger partial charge in [0.25, 0.3) is 0 Å². The molecule has 1 aliphatic carbocycles. The van der Waals surface area contributed by atoms with Crippen molar-refractivity contribution in [2.75, 3.05) is 5.32 Å². The van der Waals surface area contributed by atoms with Crippen molar-refractivity contribution in [3.8, 4) is 0 Å². The minimum absolute atomic E-state index is 0.0865. The molecule has 1 heterocycles. The van der Waals surface area contributed by atoms with Gasteiger partial charge in [-0.2, -0.15) is 0 Å². The van der Waals surface area contributed by atoms with E-state index in [0.717, 1.165) is 12.1 Å². The van der Waals surface area contributed by atoms with Crippen LogP contribution >= 0.6 is 0 Å². The fourth-order valence-electron chi connectivity index (χ4n) is 2.57. The van der Waals surface area contributed by atoms with Crippen molar-refractivity contribution in [3.05, 3.63) is 24.0 Å². The van der Waals surface area contributed by atoms with E-state index in [1.54, 1.807) is 18.3 Å². The van der Waals surface area contributed by atoms with E-state index in [1.807, 2.05) is 0 Å². The number of carboxylic acid groups (broad SMARTS) is 1. The van der Waals surface area contributed by atoms with Gasteiger partial charge in [0.15, 0.2) is 0 Å². The highest BCUT2D eigenvalue weighted by Crippen LogP contribution is 2.37. The van der Waals surface area contributed by atoms with E-state index in [4.69, 9.17) is 5.11 Å². The second-order valence-corrected chi connectivity index (χ2v) is 5.67. The van der Waals surface area contributed by atoms with Crippen molar-refractivity contribution in [1.82, 2.24) is 4.98 Å². The number of hydrogen-bond donors (Lipinski definition) is 2. The van der Waals surface area contributed by atoms with Gasteiger partial charge in [-0.15, -0.1) is 0 Å². The fraction of sp³-hybridized carbons (Fsp3) is 0.571. The van der Waals surface area contributed by atoms with Crippen LogP contribution in [0.15, 0.2) is 18.3 Å². The zero-order valence-electron chi connectivity index (χ0n) is 10.9. The summed E-state index contributed by atoms with van der Waals surface area (Å²) in [5.41, 5.74) is 1.27. The van der Waals surface area contributed by atoms with Crippen LogP contribution in [-0.2, 0) is 0 Å². The average molecular weight is 248 g/mol. The Hall–Kier alpha value is -1.58. The Morgan fingerprint density at radius 1 is 1.44 bits per heavy atom. The molecule has 0 aliphatic heterocycles. The molecule has 1 aliphatic rings. The first-order valence-corrected chi connectivity index (χ1v) is 6.45. The first kappa shape index (κ1) is 12.9. The van der Waals surface area contributed by atoms with Crippen LogP contribution < -0.4 is 5.32 Å². The van der Waals surface area contributed by atoms with Gasteiger partial charge < -0.3 is 10.4 Å². The molecule has 0 spiro atoms. The van der Waals surface area contributed by atoms with Crippen LogP contribution in [0.5, 0.6) is 0 Å². The van der Waals surface area contributed by atoms with Gasteiger partial charge in [0.1, 0.15) is 5.69 Å². The summed E-state index contributed by atoms with van der Waals surface area (Å²) < 4.78 is 0. The zero-order valence-corrected chi connectivity index (χ0v) is 10.9. The maximum absolute atomic E-state index is 10.7. The quantitative estimate of drug-likeness (QED) is 0.862. The summed E-state index contributed by atoms with van der Waals surface area (Å²) in [6.07, 6.45) is 6.54. The minimum atomic E-state index is -0.987. The van der Waals surface area contributed by atoms with Crippen LogP contribution in [0.1, 0.15) is 50.0 Å². The molecular formula is C14H20N2O2. The summed E-state index contributed by atoms with van der Waals surface area (Å²) in [6, 6.07) is 3.77. The third kappa shape index (κ3) is 2.81. The lowest BCUT2D eigenvalue weighted by Crippen LogP contribution is -2.38. The highest BCUT2D eigenvalue weighted by Gasteiger charge is 2.31. The first-order valence-electron chi connectivity index (χ1n) is 6.45. The molecule has 0 radical (unpaired) electrons. The number of hydrogen-bond acceptors (Lipinski definition) is 3. The number of rotatable bonds is 3. The summed E-state index contributed by atoms with van der Waals surface area (Å²) >= 11 is 0. The Morgan fingerprint density at radius 3 is 2.78 bits per heavy atom. The second kappa shape index (κ2) is 4.96. The van der Waals surface area contributed by atoms with E-state index in [2.05, 4.69) is 24.1 Å². The van der Waals surface area contributed by atoms with Gasteiger partial charge in [-0.1, -0.05) is 26.7 Å². The van der Waals surface area contributed by atoms with E-state index in [-0.39, 0.29) is 11.1 Å². The molecule has 0 saturated heterocycles. The Bertz CT molecular complexity index is 426. The van der Waals surface area contributed by atoms with E-state index in [1.165, 1.54) is 19.3 Å². The SMILES string of the molecule is CC1(C)CCCCC1Nc1ccc(C(=O)O)nc1. The van der Waals surface area contributed by atoms with Crippen molar-refractivity contribution >= 4 is 11.7 Å². The van der Waals surface area contributed by atoms with E-state index < -0.39 is 5.97 Å². The summed E-state index contributed by atoms with van der Waals surface area (Å²) in [7, 11) is 0. The van der Waals surface area contributed by atoms with Gasteiger partial charge >= 0.3 is 5.97 Å². The van der Waals surface area contributed by atoms with Crippen LogP contribution in [0.25, 0.3) is 0 Å². The van der Waals surface area contributed by atoms with Gasteiger partial charge in [0, 0.05) is 6.04 Å². The molecule has 1 aromatic rings. The number of carbonyl (C=O) groups is 1. The summed E-state index contributed by atoms with van der Waals surface area (Å²) in [6.45, 7) is 4.56. The monoisotopic (exact) mass is 248 g/mol. The molecule has 98 valence electrons. The van der Waals surface area contributed by atoms with Gasteiger partial charge in [0.05, 0.1) is 11.9 Å². The lowest BCUT2D eigenvalue weighted by Gasteiger charge is -2.39. The zero-order chi connectivity index (χ0) is 13.2. The Kier molecular flexibility index (Phi) is 3.55. The van der Waals surface area contributed by atoms with Crippen molar-refractivity contribution in [2.24, 2.45) is 5.41 Å². The van der Waals surface area contributed by atoms with Crippen LogP contribution in [0.3, 0.4) is 0 Å². The molecule has 1 atom stereocenters. The minimum Gasteiger partial charge on any atom is -0.477 e. The number of nitrogens with one attached hydrogen (secondary N) is 1. The van der Waals surface area contributed by atoms with Gasteiger partial charge in [0.2, 0.25) is 0 Å². The molecule has 0 bridgehead atoms. The third-order valence-corrected chi connectivity index (χ3v) is 3.83. The predicted octanol–water partition coefficient (Wildman–Crippen LogP) is 3.16. The van der Waals surface area contributed by atoms with Crippen molar-refractivity contribution in [1.29, 1.82) is 0 Å². The molecule has 1 fully saturated rings. The molecule has 1 aromatic heterocycles. The first-order chi connectivity index (χ1) is 8.49. The Morgan fingerprint density at radius 2 is 2.22 bits per heavy atom. The maximum Gasteiger partial charge on any atom is 0.354 e. The molecule has 4 nitrogen and oxygen atoms in total. The van der Waals surface area contributed by atoms with E-state index >= 15 is 0 Å². The maximum atomic E-state index is 10.7. The Labute approximate surface area is 107 Å². The average Bonchev–Trinajstić information content (AvgIpc) is 2.32. The number of aromatic carboxylic acids is 1. The van der Waals surface area contributed by atoms with Crippen LogP contribution in [0, 0.1) is 5.41 Å². The molecule has 2 rings (SSSR count). The fourth-order valence-corrected chi connectivity index (χ4v) is 2.57. The molecule has 1 saturated carbocycles. The number of anilines is 1. The summed E-state index contributed by atoms with van der Waals surface area (Å²) in [5, 5.41) is 12.3. The normalized spacial score (nSPS) is 22.4. The lowest BCUT2D eigenvalue weighted by atomic mass is 9.73. The van der Waals surface area contributed by atoms with Gasteiger partial charge in [-0.3, -0.25) is 0 Å². The largest absolute Gasteiger partial charge is 0.477 e. The smallest absolute Gasteiger partial charge is 0.354 e. The van der Waals surface area contributed by atoms with E-state index in [9.17, 15) is 4.79 Å². The molecular weight excluding hydrogens is 228 g/mol.